The number of rotatable bonds is 3. The zero-order valence-corrected chi connectivity index (χ0v) is 12.0. The van der Waals surface area contributed by atoms with Crippen LogP contribution >= 0.6 is 23.2 Å². The third-order valence-corrected chi connectivity index (χ3v) is 3.17. The number of aromatic nitrogens is 1. The van der Waals surface area contributed by atoms with Gasteiger partial charge in [0.2, 0.25) is 5.88 Å². The smallest absolute Gasteiger partial charge is 0.257 e. The fourth-order valence-corrected chi connectivity index (χ4v) is 1.98. The monoisotopic (exact) mass is 311 g/mol. The summed E-state index contributed by atoms with van der Waals surface area (Å²) >= 11 is 11.8. The summed E-state index contributed by atoms with van der Waals surface area (Å²) in [6.45, 7) is 0. The van der Waals surface area contributed by atoms with Gasteiger partial charge in [-0.05, 0) is 18.2 Å². The summed E-state index contributed by atoms with van der Waals surface area (Å²) in [5, 5.41) is 3.22. The van der Waals surface area contributed by atoms with E-state index in [9.17, 15) is 4.79 Å². The molecular formula is C13H11Cl2N3O2. The first-order valence-corrected chi connectivity index (χ1v) is 6.32. The van der Waals surface area contributed by atoms with Crippen molar-refractivity contribution >= 4 is 40.5 Å². The van der Waals surface area contributed by atoms with Crippen LogP contribution in [0.15, 0.2) is 30.5 Å². The van der Waals surface area contributed by atoms with E-state index < -0.39 is 0 Å². The van der Waals surface area contributed by atoms with Crippen LogP contribution in [0.4, 0.5) is 11.4 Å². The molecule has 0 radical (unpaired) electrons. The zero-order chi connectivity index (χ0) is 14.7. The molecule has 0 unspecified atom stereocenters. The van der Waals surface area contributed by atoms with Crippen LogP contribution in [0.5, 0.6) is 5.88 Å². The maximum Gasteiger partial charge on any atom is 0.257 e. The van der Waals surface area contributed by atoms with Crippen LogP contribution in [0.3, 0.4) is 0 Å². The quantitative estimate of drug-likeness (QED) is 0.853. The van der Waals surface area contributed by atoms with Gasteiger partial charge in [-0.15, -0.1) is 0 Å². The Bertz CT molecular complexity index is 622. The van der Waals surface area contributed by atoms with E-state index in [0.717, 1.165) is 0 Å². The van der Waals surface area contributed by atoms with Crippen molar-refractivity contribution in [2.24, 2.45) is 0 Å². The SMILES string of the molecule is COc1ccc(C(=O)Nc2cc(Cl)c(N)c(Cl)c2)cn1. The van der Waals surface area contributed by atoms with E-state index in [0.29, 0.717) is 17.1 Å². The number of carbonyl (C=O) groups excluding carboxylic acids is 1. The molecule has 0 saturated heterocycles. The van der Waals surface area contributed by atoms with Crippen molar-refractivity contribution < 1.29 is 9.53 Å². The van der Waals surface area contributed by atoms with Crippen molar-refractivity contribution in [3.63, 3.8) is 0 Å². The number of nitrogen functional groups attached to an aromatic ring is 1. The molecule has 20 heavy (non-hydrogen) atoms. The number of hydrogen-bond donors (Lipinski definition) is 2. The molecule has 0 fully saturated rings. The van der Waals surface area contributed by atoms with E-state index in [2.05, 4.69) is 10.3 Å². The van der Waals surface area contributed by atoms with Gasteiger partial charge in [0.25, 0.3) is 5.91 Å². The number of methoxy groups -OCH3 is 1. The van der Waals surface area contributed by atoms with Gasteiger partial charge in [0.15, 0.2) is 0 Å². The third kappa shape index (κ3) is 3.12. The molecule has 2 rings (SSSR count). The summed E-state index contributed by atoms with van der Waals surface area (Å²) in [4.78, 5) is 16.0. The number of nitrogens with one attached hydrogen (secondary N) is 1. The highest BCUT2D eigenvalue weighted by Crippen LogP contribution is 2.31. The van der Waals surface area contributed by atoms with Crippen molar-refractivity contribution in [2.45, 2.75) is 0 Å². The summed E-state index contributed by atoms with van der Waals surface area (Å²) < 4.78 is 4.92. The third-order valence-electron chi connectivity index (χ3n) is 2.54. The fraction of sp³-hybridized carbons (Fsp3) is 0.0769. The van der Waals surface area contributed by atoms with Gasteiger partial charge in [0.1, 0.15) is 0 Å². The minimum absolute atomic E-state index is 0.275. The van der Waals surface area contributed by atoms with Gasteiger partial charge in [-0.1, -0.05) is 23.2 Å². The Balaban J connectivity index is 2.18. The number of anilines is 2. The van der Waals surface area contributed by atoms with E-state index in [1.54, 1.807) is 12.1 Å². The number of amides is 1. The van der Waals surface area contributed by atoms with Crippen molar-refractivity contribution in [1.82, 2.24) is 4.98 Å². The lowest BCUT2D eigenvalue weighted by atomic mass is 10.2. The molecule has 0 aliphatic heterocycles. The van der Waals surface area contributed by atoms with Gasteiger partial charge in [-0.3, -0.25) is 4.79 Å². The second-order valence-corrected chi connectivity index (χ2v) is 4.71. The fourth-order valence-electron chi connectivity index (χ4n) is 1.50. The van der Waals surface area contributed by atoms with E-state index >= 15 is 0 Å². The van der Waals surface area contributed by atoms with Crippen molar-refractivity contribution in [1.29, 1.82) is 0 Å². The summed E-state index contributed by atoms with van der Waals surface area (Å²) in [6.07, 6.45) is 1.41. The average molecular weight is 312 g/mol. The zero-order valence-electron chi connectivity index (χ0n) is 10.5. The van der Waals surface area contributed by atoms with Crippen LogP contribution in [0, 0.1) is 0 Å². The summed E-state index contributed by atoms with van der Waals surface area (Å²) in [7, 11) is 1.50. The van der Waals surface area contributed by atoms with E-state index in [4.69, 9.17) is 33.7 Å². The number of nitrogens with zero attached hydrogens (tertiary/aromatic N) is 1. The molecule has 0 spiro atoms. The maximum absolute atomic E-state index is 12.0. The number of carbonyl (C=O) groups is 1. The van der Waals surface area contributed by atoms with Gasteiger partial charge in [-0.2, -0.15) is 0 Å². The van der Waals surface area contributed by atoms with Crippen molar-refractivity contribution in [2.75, 3.05) is 18.2 Å². The molecule has 0 aliphatic rings. The highest BCUT2D eigenvalue weighted by atomic mass is 35.5. The number of benzene rings is 1. The van der Waals surface area contributed by atoms with Crippen LogP contribution in [-0.2, 0) is 0 Å². The number of pyridine rings is 1. The molecule has 1 aromatic heterocycles. The van der Waals surface area contributed by atoms with E-state index in [1.165, 1.54) is 25.4 Å². The summed E-state index contributed by atoms with van der Waals surface area (Å²) in [5.74, 6) is 0.0946. The molecule has 7 heteroatoms. The Kier molecular flexibility index (Phi) is 4.32. The highest BCUT2D eigenvalue weighted by Gasteiger charge is 2.10. The predicted molar refractivity (Wildman–Crippen MR) is 79.6 cm³/mol. The van der Waals surface area contributed by atoms with Gasteiger partial charge < -0.3 is 15.8 Å². The lowest BCUT2D eigenvalue weighted by molar-refractivity contribution is 0.102. The minimum Gasteiger partial charge on any atom is -0.481 e. The summed E-state index contributed by atoms with van der Waals surface area (Å²) in [5.41, 5.74) is 6.74. The molecular weight excluding hydrogens is 301 g/mol. The predicted octanol–water partition coefficient (Wildman–Crippen LogP) is 3.23. The molecule has 0 aliphatic carbocycles. The van der Waals surface area contributed by atoms with Crippen LogP contribution in [0.2, 0.25) is 10.0 Å². The number of ether oxygens (including phenoxy) is 1. The molecule has 0 atom stereocenters. The standard InChI is InChI=1S/C13H11Cl2N3O2/c1-20-11-3-2-7(6-17-11)13(19)18-8-4-9(14)12(16)10(15)5-8/h2-6H,16H2,1H3,(H,18,19). The maximum atomic E-state index is 12.0. The lowest BCUT2D eigenvalue weighted by Gasteiger charge is -2.08. The summed E-state index contributed by atoms with van der Waals surface area (Å²) in [6, 6.07) is 6.24. The molecule has 1 amide bonds. The molecule has 2 aromatic rings. The Labute approximate surface area is 125 Å². The topological polar surface area (TPSA) is 77.2 Å². The molecule has 0 bridgehead atoms. The number of halogens is 2. The molecule has 3 N–H and O–H groups in total. The van der Waals surface area contributed by atoms with Crippen molar-refractivity contribution in [3.8, 4) is 5.88 Å². The first kappa shape index (κ1) is 14.4. The van der Waals surface area contributed by atoms with Gasteiger partial charge in [0.05, 0.1) is 28.4 Å². The van der Waals surface area contributed by atoms with Crippen LogP contribution in [-0.4, -0.2) is 18.0 Å². The van der Waals surface area contributed by atoms with Gasteiger partial charge >= 0.3 is 0 Å². The molecule has 0 saturated carbocycles. The largest absolute Gasteiger partial charge is 0.481 e. The highest BCUT2D eigenvalue weighted by molar-refractivity contribution is 6.39. The van der Waals surface area contributed by atoms with E-state index in [-0.39, 0.29) is 21.6 Å². The first-order chi connectivity index (χ1) is 9.51. The van der Waals surface area contributed by atoms with Crippen LogP contribution in [0.25, 0.3) is 0 Å². The van der Waals surface area contributed by atoms with Crippen LogP contribution < -0.4 is 15.8 Å². The normalized spacial score (nSPS) is 10.2. The van der Waals surface area contributed by atoms with E-state index in [1.807, 2.05) is 0 Å². The average Bonchev–Trinajstić information content (AvgIpc) is 2.44. The second-order valence-electron chi connectivity index (χ2n) is 3.90. The van der Waals surface area contributed by atoms with Crippen molar-refractivity contribution in [3.05, 3.63) is 46.1 Å². The molecule has 104 valence electrons. The van der Waals surface area contributed by atoms with Gasteiger partial charge in [-0.25, -0.2) is 4.98 Å². The molecule has 1 aromatic carbocycles. The van der Waals surface area contributed by atoms with Gasteiger partial charge in [0, 0.05) is 18.0 Å². The Morgan fingerprint density at radius 1 is 1.30 bits per heavy atom. The lowest BCUT2D eigenvalue weighted by Crippen LogP contribution is -2.12. The Morgan fingerprint density at radius 3 is 2.45 bits per heavy atom. The Morgan fingerprint density at radius 2 is 1.95 bits per heavy atom. The second kappa shape index (κ2) is 5.98. The number of nitrogens with two attached hydrogens (primary N) is 1. The Hall–Kier alpha value is -1.98. The molecule has 5 nitrogen and oxygen atoms in total. The van der Waals surface area contributed by atoms with Crippen LogP contribution in [0.1, 0.15) is 10.4 Å². The number of hydrogen-bond acceptors (Lipinski definition) is 4. The molecule has 1 heterocycles. The first-order valence-electron chi connectivity index (χ1n) is 5.57. The minimum atomic E-state index is -0.336.